The van der Waals surface area contributed by atoms with Gasteiger partial charge in [-0.15, -0.1) is 0 Å². The highest BCUT2D eigenvalue weighted by molar-refractivity contribution is 6.36. The van der Waals surface area contributed by atoms with Gasteiger partial charge in [0.25, 0.3) is 11.8 Å². The molecule has 0 atom stereocenters. The van der Waals surface area contributed by atoms with Gasteiger partial charge in [0.1, 0.15) is 5.82 Å². The SMILES string of the molecule is Cc1c[nH]c(C=C2C(=O)Nc3cccc(-c4cccc(F)c4)c32)c1C(=O)NCCCN1CCCC1. The van der Waals surface area contributed by atoms with Crippen molar-refractivity contribution in [1.82, 2.24) is 15.2 Å². The van der Waals surface area contributed by atoms with Crippen LogP contribution in [0.3, 0.4) is 0 Å². The Labute approximate surface area is 204 Å². The van der Waals surface area contributed by atoms with Gasteiger partial charge in [-0.3, -0.25) is 9.59 Å². The van der Waals surface area contributed by atoms with E-state index in [0.29, 0.717) is 40.2 Å². The van der Waals surface area contributed by atoms with Crippen LogP contribution in [0.25, 0.3) is 22.8 Å². The third-order valence-electron chi connectivity index (χ3n) is 6.72. The third-order valence-corrected chi connectivity index (χ3v) is 6.72. The zero-order valence-electron chi connectivity index (χ0n) is 19.8. The number of benzene rings is 2. The van der Waals surface area contributed by atoms with Crippen molar-refractivity contribution >= 4 is 29.2 Å². The molecule has 7 heteroatoms. The van der Waals surface area contributed by atoms with E-state index < -0.39 is 0 Å². The molecule has 6 nitrogen and oxygen atoms in total. The van der Waals surface area contributed by atoms with E-state index in [1.807, 2.05) is 31.2 Å². The maximum Gasteiger partial charge on any atom is 0.256 e. The molecule has 0 unspecified atom stereocenters. The smallest absolute Gasteiger partial charge is 0.256 e. The first-order valence-corrected chi connectivity index (χ1v) is 12.1. The summed E-state index contributed by atoms with van der Waals surface area (Å²) >= 11 is 0. The number of fused-ring (bicyclic) bond motifs is 1. The number of likely N-dealkylation sites (tertiary alicyclic amines) is 1. The molecule has 0 aliphatic carbocycles. The first-order valence-electron chi connectivity index (χ1n) is 12.1. The van der Waals surface area contributed by atoms with Crippen LogP contribution in [0.15, 0.2) is 48.7 Å². The fourth-order valence-corrected chi connectivity index (χ4v) is 4.99. The molecule has 35 heavy (non-hydrogen) atoms. The van der Waals surface area contributed by atoms with Gasteiger partial charge in [0, 0.05) is 24.0 Å². The Morgan fingerprint density at radius 3 is 2.77 bits per heavy atom. The molecule has 2 aliphatic rings. The molecule has 1 saturated heterocycles. The first kappa shape index (κ1) is 23.1. The molecule has 3 heterocycles. The van der Waals surface area contributed by atoms with Gasteiger partial charge in [-0.2, -0.15) is 0 Å². The lowest BCUT2D eigenvalue weighted by atomic mass is 9.94. The number of amides is 2. The summed E-state index contributed by atoms with van der Waals surface area (Å²) in [5, 5.41) is 5.93. The third kappa shape index (κ3) is 4.77. The van der Waals surface area contributed by atoms with Crippen molar-refractivity contribution in [2.45, 2.75) is 26.2 Å². The van der Waals surface area contributed by atoms with Crippen molar-refractivity contribution in [2.75, 3.05) is 31.5 Å². The Morgan fingerprint density at radius 1 is 1.17 bits per heavy atom. The average Bonchev–Trinajstić information content (AvgIpc) is 3.56. The van der Waals surface area contributed by atoms with Gasteiger partial charge in [-0.25, -0.2) is 4.39 Å². The number of halogens is 1. The highest BCUT2D eigenvalue weighted by Crippen LogP contribution is 2.40. The maximum atomic E-state index is 13.9. The molecule has 2 aliphatic heterocycles. The lowest BCUT2D eigenvalue weighted by Crippen LogP contribution is -2.29. The summed E-state index contributed by atoms with van der Waals surface area (Å²) < 4.78 is 13.9. The first-order chi connectivity index (χ1) is 17.0. The molecule has 3 aromatic rings. The van der Waals surface area contributed by atoms with Crippen LogP contribution < -0.4 is 10.6 Å². The molecule has 3 N–H and O–H groups in total. The number of carbonyl (C=O) groups is 2. The number of anilines is 1. The van der Waals surface area contributed by atoms with Gasteiger partial charge < -0.3 is 20.5 Å². The van der Waals surface area contributed by atoms with E-state index in [0.717, 1.165) is 37.2 Å². The van der Waals surface area contributed by atoms with Crippen LogP contribution >= 0.6 is 0 Å². The zero-order valence-corrected chi connectivity index (χ0v) is 19.8. The highest BCUT2D eigenvalue weighted by atomic mass is 19.1. The quantitative estimate of drug-likeness (QED) is 0.340. The number of nitrogens with zero attached hydrogens (tertiary/aromatic N) is 1. The predicted molar refractivity (Wildman–Crippen MR) is 136 cm³/mol. The minimum Gasteiger partial charge on any atom is -0.361 e. The van der Waals surface area contributed by atoms with E-state index in [1.165, 1.54) is 25.0 Å². The van der Waals surface area contributed by atoms with E-state index in [9.17, 15) is 14.0 Å². The molecule has 0 bridgehead atoms. The molecular weight excluding hydrogens is 443 g/mol. The molecule has 5 rings (SSSR count). The lowest BCUT2D eigenvalue weighted by molar-refractivity contribution is -0.110. The van der Waals surface area contributed by atoms with Crippen molar-refractivity contribution in [2.24, 2.45) is 0 Å². The van der Waals surface area contributed by atoms with Crippen molar-refractivity contribution in [3.05, 3.63) is 76.9 Å². The van der Waals surface area contributed by atoms with Crippen LogP contribution in [-0.4, -0.2) is 47.9 Å². The van der Waals surface area contributed by atoms with E-state index in [1.54, 1.807) is 18.3 Å². The van der Waals surface area contributed by atoms with E-state index in [4.69, 9.17) is 0 Å². The zero-order chi connectivity index (χ0) is 24.4. The Balaban J connectivity index is 1.41. The minimum atomic E-state index is -0.341. The van der Waals surface area contributed by atoms with Crippen LogP contribution in [0.1, 0.15) is 46.4 Å². The minimum absolute atomic E-state index is 0.158. The van der Waals surface area contributed by atoms with Crippen LogP contribution in [0.4, 0.5) is 10.1 Å². The van der Waals surface area contributed by atoms with Crippen molar-refractivity contribution in [3.8, 4) is 11.1 Å². The van der Waals surface area contributed by atoms with Gasteiger partial charge in [-0.05, 0) is 86.8 Å². The summed E-state index contributed by atoms with van der Waals surface area (Å²) in [5.41, 5.74) is 5.16. The lowest BCUT2D eigenvalue weighted by Gasteiger charge is -2.14. The van der Waals surface area contributed by atoms with E-state index >= 15 is 0 Å². The molecule has 1 fully saturated rings. The number of aromatic amines is 1. The topological polar surface area (TPSA) is 77.2 Å². The normalized spacial score (nSPS) is 16.5. The van der Waals surface area contributed by atoms with E-state index in [-0.39, 0.29) is 17.6 Å². The van der Waals surface area contributed by atoms with Crippen molar-refractivity contribution in [1.29, 1.82) is 0 Å². The fourth-order valence-electron chi connectivity index (χ4n) is 4.99. The monoisotopic (exact) mass is 472 g/mol. The molecular formula is C28H29FN4O2. The second-order valence-corrected chi connectivity index (χ2v) is 9.17. The summed E-state index contributed by atoms with van der Waals surface area (Å²) in [7, 11) is 0. The number of hydrogen-bond acceptors (Lipinski definition) is 3. The number of aryl methyl sites for hydroxylation is 1. The second-order valence-electron chi connectivity index (χ2n) is 9.17. The number of H-pyrrole nitrogens is 1. The fraction of sp³-hybridized carbons (Fsp3) is 0.286. The molecule has 180 valence electrons. The number of carbonyl (C=O) groups excluding carboxylic acids is 2. The maximum absolute atomic E-state index is 13.9. The molecule has 0 saturated carbocycles. The average molecular weight is 473 g/mol. The van der Waals surface area contributed by atoms with E-state index in [2.05, 4.69) is 20.5 Å². The van der Waals surface area contributed by atoms with Gasteiger partial charge in [0.05, 0.1) is 16.8 Å². The van der Waals surface area contributed by atoms with Crippen LogP contribution in [0, 0.1) is 12.7 Å². The summed E-state index contributed by atoms with van der Waals surface area (Å²) in [5.74, 6) is -0.756. The molecule has 2 aromatic carbocycles. The predicted octanol–water partition coefficient (Wildman–Crippen LogP) is 4.84. The van der Waals surface area contributed by atoms with Gasteiger partial charge in [0.2, 0.25) is 0 Å². The number of hydrogen-bond donors (Lipinski definition) is 3. The summed E-state index contributed by atoms with van der Waals surface area (Å²) in [6.45, 7) is 5.75. The van der Waals surface area contributed by atoms with Gasteiger partial charge in [0.15, 0.2) is 0 Å². The van der Waals surface area contributed by atoms with Crippen molar-refractivity contribution in [3.63, 3.8) is 0 Å². The molecule has 0 spiro atoms. The Bertz CT molecular complexity index is 1300. The van der Waals surface area contributed by atoms with Gasteiger partial charge in [-0.1, -0.05) is 24.3 Å². The highest BCUT2D eigenvalue weighted by Gasteiger charge is 2.28. The Morgan fingerprint density at radius 2 is 1.97 bits per heavy atom. The van der Waals surface area contributed by atoms with Gasteiger partial charge >= 0.3 is 0 Å². The standard InChI is InChI=1S/C28H29FN4O2/c1-18-17-31-24(25(18)28(35)30-11-6-14-33-12-2-3-13-33)16-22-26-21(19-7-4-8-20(29)15-19)9-5-10-23(26)32-27(22)34/h4-5,7-10,15-17,31H,2-3,6,11-14H2,1H3,(H,30,35)(H,32,34). The summed E-state index contributed by atoms with van der Waals surface area (Å²) in [6.07, 6.45) is 6.90. The number of aromatic nitrogens is 1. The molecule has 2 amide bonds. The Hall–Kier alpha value is -3.71. The van der Waals surface area contributed by atoms with Crippen LogP contribution in [0.5, 0.6) is 0 Å². The summed E-state index contributed by atoms with van der Waals surface area (Å²) in [4.78, 5) is 31.6. The largest absolute Gasteiger partial charge is 0.361 e. The van der Waals surface area contributed by atoms with Crippen LogP contribution in [-0.2, 0) is 4.79 Å². The molecule has 0 radical (unpaired) electrons. The molecule has 1 aromatic heterocycles. The Kier molecular flexibility index (Phi) is 6.51. The van der Waals surface area contributed by atoms with Crippen LogP contribution in [0.2, 0.25) is 0 Å². The number of rotatable bonds is 7. The second kappa shape index (κ2) is 9.88. The summed E-state index contributed by atoms with van der Waals surface area (Å²) in [6, 6.07) is 11.8. The number of nitrogens with one attached hydrogen (secondary N) is 3. The van der Waals surface area contributed by atoms with Crippen molar-refractivity contribution < 1.29 is 14.0 Å².